The number of nitrogens with zero attached hydrogens (tertiary/aromatic N) is 1. The molecule has 1 heterocycles. The van der Waals surface area contributed by atoms with E-state index in [-0.39, 0.29) is 29.0 Å². The Morgan fingerprint density at radius 2 is 1.49 bits per heavy atom. The number of aliphatic hydroxyl groups is 2. The van der Waals surface area contributed by atoms with E-state index in [2.05, 4.69) is 10.6 Å². The summed E-state index contributed by atoms with van der Waals surface area (Å²) >= 11 is 0. The van der Waals surface area contributed by atoms with E-state index in [0.717, 1.165) is 30.5 Å². The largest absolute Gasteiger partial charge is 0.390 e. The summed E-state index contributed by atoms with van der Waals surface area (Å²) in [5.41, 5.74) is 0.990. The minimum absolute atomic E-state index is 0.0310. The molecule has 4 N–H and O–H groups in total. The van der Waals surface area contributed by atoms with Crippen LogP contribution < -0.4 is 10.6 Å². The maximum absolute atomic E-state index is 13.9. The van der Waals surface area contributed by atoms with E-state index in [1.54, 1.807) is 0 Å². The van der Waals surface area contributed by atoms with Crippen molar-refractivity contribution in [1.82, 2.24) is 14.9 Å². The average molecular weight is 616 g/mol. The highest BCUT2D eigenvalue weighted by Crippen LogP contribution is 2.22. The molecule has 2 amide bonds. The fraction of sp³-hybridized carbons (Fsp3) is 0.355. The van der Waals surface area contributed by atoms with Crippen LogP contribution in [0.5, 0.6) is 0 Å². The van der Waals surface area contributed by atoms with E-state index in [9.17, 15) is 37.0 Å². The Labute approximate surface area is 249 Å². The Balaban J connectivity index is 1.50. The van der Waals surface area contributed by atoms with Crippen LogP contribution in [0.25, 0.3) is 0 Å². The lowest BCUT2D eigenvalue weighted by Crippen LogP contribution is -2.53. The average Bonchev–Trinajstić information content (AvgIpc) is 3.55. The lowest BCUT2D eigenvalue weighted by Gasteiger charge is -2.30. The first kappa shape index (κ1) is 32.2. The van der Waals surface area contributed by atoms with Crippen molar-refractivity contribution in [3.8, 4) is 0 Å². The molecule has 0 spiro atoms. The van der Waals surface area contributed by atoms with Gasteiger partial charge in [0.2, 0.25) is 15.9 Å². The number of aliphatic hydroxyl groups excluding tert-OH is 2. The number of nitrogens with one attached hydrogen (secondary N) is 2. The first-order valence-corrected chi connectivity index (χ1v) is 15.4. The number of halogens is 2. The first-order valence-electron chi connectivity index (χ1n) is 14.0. The van der Waals surface area contributed by atoms with Gasteiger partial charge in [0.15, 0.2) is 0 Å². The normalized spacial score (nSPS) is 16.7. The molecule has 230 valence electrons. The summed E-state index contributed by atoms with van der Waals surface area (Å²) in [5.74, 6) is -4.11. The van der Waals surface area contributed by atoms with E-state index < -0.39 is 57.6 Å². The molecule has 0 unspecified atom stereocenters. The van der Waals surface area contributed by atoms with E-state index in [1.165, 1.54) is 35.5 Å². The second-order valence-corrected chi connectivity index (χ2v) is 12.6. The third-order valence-corrected chi connectivity index (χ3v) is 9.42. The Hall–Kier alpha value is -3.71. The standard InChI is InChI=1S/C31H35F2N3O6S/c1-20(30(39)34-19-21-7-3-2-4-8-21)28(37)29(38)27(17-22-15-24(32)18-25(33)16-22)35-31(40)23-9-11-26(12-10-23)43(41,42)36-13-5-6-14-36/h2-4,7-12,15-16,18,20,27-29,37-38H,5-6,13-14,17,19H2,1H3,(H,34,39)(H,35,40)/t20-,27+,28-,29-/m1/s1. The van der Waals surface area contributed by atoms with Gasteiger partial charge in [-0.2, -0.15) is 4.31 Å². The minimum atomic E-state index is -3.70. The topological polar surface area (TPSA) is 136 Å². The summed E-state index contributed by atoms with van der Waals surface area (Å²) in [6.07, 6.45) is -2.11. The molecule has 3 aromatic carbocycles. The predicted octanol–water partition coefficient (Wildman–Crippen LogP) is 2.76. The lowest BCUT2D eigenvalue weighted by molar-refractivity contribution is -0.131. The van der Waals surface area contributed by atoms with Gasteiger partial charge in [-0.15, -0.1) is 0 Å². The number of carbonyl (C=O) groups excluding carboxylic acids is 2. The predicted molar refractivity (Wildman–Crippen MR) is 155 cm³/mol. The smallest absolute Gasteiger partial charge is 0.251 e. The summed E-state index contributed by atoms with van der Waals surface area (Å²) in [5, 5.41) is 27.3. The lowest BCUT2D eigenvalue weighted by atomic mass is 9.90. The molecule has 12 heteroatoms. The molecule has 4 atom stereocenters. The molecule has 3 aromatic rings. The van der Waals surface area contributed by atoms with Crippen LogP contribution in [0.3, 0.4) is 0 Å². The molecule has 43 heavy (non-hydrogen) atoms. The van der Waals surface area contributed by atoms with Gasteiger partial charge >= 0.3 is 0 Å². The Morgan fingerprint density at radius 3 is 2.09 bits per heavy atom. The van der Waals surface area contributed by atoms with Crippen molar-refractivity contribution in [1.29, 1.82) is 0 Å². The van der Waals surface area contributed by atoms with Crippen molar-refractivity contribution in [2.45, 2.75) is 55.9 Å². The molecule has 0 aromatic heterocycles. The fourth-order valence-electron chi connectivity index (χ4n) is 4.98. The molecule has 1 fully saturated rings. The third-order valence-electron chi connectivity index (χ3n) is 7.51. The second kappa shape index (κ2) is 14.2. The van der Waals surface area contributed by atoms with Crippen LogP contribution in [0.15, 0.2) is 77.7 Å². The highest BCUT2D eigenvalue weighted by atomic mass is 32.2. The van der Waals surface area contributed by atoms with Crippen LogP contribution >= 0.6 is 0 Å². The molecular weight excluding hydrogens is 580 g/mol. The number of carbonyl (C=O) groups is 2. The van der Waals surface area contributed by atoms with Crippen LogP contribution in [0.4, 0.5) is 8.78 Å². The zero-order chi connectivity index (χ0) is 31.1. The van der Waals surface area contributed by atoms with E-state index in [4.69, 9.17) is 0 Å². The number of rotatable bonds is 12. The molecule has 1 aliphatic heterocycles. The molecular formula is C31H35F2N3O6S. The van der Waals surface area contributed by atoms with Crippen molar-refractivity contribution >= 4 is 21.8 Å². The van der Waals surface area contributed by atoms with Crippen molar-refractivity contribution in [3.63, 3.8) is 0 Å². The monoisotopic (exact) mass is 615 g/mol. The van der Waals surface area contributed by atoms with Crippen molar-refractivity contribution in [3.05, 3.63) is 101 Å². The summed E-state index contributed by atoms with van der Waals surface area (Å²) in [6, 6.07) is 15.8. The zero-order valence-corrected chi connectivity index (χ0v) is 24.4. The molecule has 0 bridgehead atoms. The van der Waals surface area contributed by atoms with E-state index in [1.807, 2.05) is 30.3 Å². The zero-order valence-electron chi connectivity index (χ0n) is 23.6. The molecule has 4 rings (SSSR count). The fourth-order valence-corrected chi connectivity index (χ4v) is 6.50. The van der Waals surface area contributed by atoms with Gasteiger partial charge < -0.3 is 20.8 Å². The van der Waals surface area contributed by atoms with Gasteiger partial charge in [0.05, 0.1) is 23.0 Å². The molecule has 0 saturated carbocycles. The van der Waals surface area contributed by atoms with Gasteiger partial charge in [-0.25, -0.2) is 17.2 Å². The SMILES string of the molecule is C[C@@H](C(=O)NCc1ccccc1)[C@@H](O)[C@H](O)[C@H](Cc1cc(F)cc(F)c1)NC(=O)c1ccc(S(=O)(=O)N2CCCC2)cc1. The number of hydrogen-bond acceptors (Lipinski definition) is 6. The van der Waals surface area contributed by atoms with Gasteiger partial charge in [-0.05, 0) is 66.8 Å². The highest BCUT2D eigenvalue weighted by molar-refractivity contribution is 7.89. The van der Waals surface area contributed by atoms with Crippen molar-refractivity contribution < 1.29 is 37.0 Å². The van der Waals surface area contributed by atoms with Crippen LogP contribution in [0, 0.1) is 17.6 Å². The summed E-state index contributed by atoms with van der Waals surface area (Å²) in [4.78, 5) is 26.0. The maximum Gasteiger partial charge on any atom is 0.251 e. The summed E-state index contributed by atoms with van der Waals surface area (Å²) < 4.78 is 54.9. The number of benzene rings is 3. The first-order chi connectivity index (χ1) is 20.5. The van der Waals surface area contributed by atoms with Gasteiger partial charge in [-0.3, -0.25) is 9.59 Å². The van der Waals surface area contributed by atoms with Gasteiger partial charge in [-0.1, -0.05) is 37.3 Å². The summed E-state index contributed by atoms with van der Waals surface area (Å²) in [6.45, 7) is 2.46. The van der Waals surface area contributed by atoms with Gasteiger partial charge in [0, 0.05) is 31.3 Å². The van der Waals surface area contributed by atoms with Crippen molar-refractivity contribution in [2.75, 3.05) is 13.1 Å². The third kappa shape index (κ3) is 8.23. The van der Waals surface area contributed by atoms with Crippen LogP contribution in [-0.4, -0.2) is 66.1 Å². The Kier molecular flexibility index (Phi) is 10.6. The van der Waals surface area contributed by atoms with Gasteiger partial charge in [0.25, 0.3) is 5.91 Å². The number of hydrogen-bond donors (Lipinski definition) is 4. The molecule has 1 aliphatic rings. The van der Waals surface area contributed by atoms with Crippen LogP contribution in [0.1, 0.15) is 41.3 Å². The minimum Gasteiger partial charge on any atom is -0.390 e. The van der Waals surface area contributed by atoms with E-state index in [0.29, 0.717) is 19.2 Å². The van der Waals surface area contributed by atoms with Gasteiger partial charge in [0.1, 0.15) is 17.7 Å². The number of amides is 2. The van der Waals surface area contributed by atoms with Crippen LogP contribution in [0.2, 0.25) is 0 Å². The van der Waals surface area contributed by atoms with Crippen LogP contribution in [-0.2, 0) is 27.8 Å². The van der Waals surface area contributed by atoms with Crippen molar-refractivity contribution in [2.24, 2.45) is 5.92 Å². The Bertz CT molecular complexity index is 1500. The Morgan fingerprint density at radius 1 is 0.884 bits per heavy atom. The second-order valence-electron chi connectivity index (χ2n) is 10.7. The van der Waals surface area contributed by atoms with E-state index >= 15 is 0 Å². The molecule has 0 radical (unpaired) electrons. The maximum atomic E-state index is 13.9. The molecule has 9 nitrogen and oxygen atoms in total. The number of sulfonamides is 1. The summed E-state index contributed by atoms with van der Waals surface area (Å²) in [7, 11) is -3.70. The highest BCUT2D eigenvalue weighted by Gasteiger charge is 2.35. The quantitative estimate of drug-likeness (QED) is 0.248. The molecule has 0 aliphatic carbocycles. The molecule has 1 saturated heterocycles.